The second kappa shape index (κ2) is 6.04. The monoisotopic (exact) mass is 360 g/mol. The zero-order valence-corrected chi connectivity index (χ0v) is 12.7. The minimum absolute atomic E-state index is 0.138. The zero-order chi connectivity index (χ0) is 14.0. The average molecular weight is 362 g/mol. The molecule has 0 fully saturated rings. The van der Waals surface area contributed by atoms with Crippen LogP contribution in [0.2, 0.25) is 10.0 Å². The van der Waals surface area contributed by atoms with Gasteiger partial charge in [-0.3, -0.25) is 4.79 Å². The van der Waals surface area contributed by atoms with Gasteiger partial charge in [0.05, 0.1) is 14.5 Å². The van der Waals surface area contributed by atoms with Crippen molar-refractivity contribution in [3.8, 4) is 0 Å². The number of benzene rings is 2. The first-order valence-electron chi connectivity index (χ1n) is 5.40. The number of ketones is 1. The van der Waals surface area contributed by atoms with Crippen LogP contribution in [0.3, 0.4) is 0 Å². The van der Waals surface area contributed by atoms with Gasteiger partial charge >= 0.3 is 0 Å². The summed E-state index contributed by atoms with van der Waals surface area (Å²) in [5.41, 5.74) is 1.04. The molecule has 2 rings (SSSR count). The predicted octanol–water partition coefficient (Wildman–Crippen LogP) is 5.32. The first kappa shape index (κ1) is 14.5. The van der Waals surface area contributed by atoms with Gasteiger partial charge in [0.1, 0.15) is 5.82 Å². The normalized spacial score (nSPS) is 10.5. The van der Waals surface area contributed by atoms with Crippen LogP contribution in [0, 0.1) is 5.82 Å². The Labute approximate surface area is 128 Å². The molecule has 0 heterocycles. The van der Waals surface area contributed by atoms with E-state index in [-0.39, 0.29) is 16.7 Å². The SMILES string of the molecule is O=C(Cc1ccc(Cl)c(Cl)c1)c1cccc(F)c1Br. The van der Waals surface area contributed by atoms with E-state index in [9.17, 15) is 9.18 Å². The summed E-state index contributed by atoms with van der Waals surface area (Å²) < 4.78 is 13.5. The Bertz CT molecular complexity index is 643. The highest BCUT2D eigenvalue weighted by Crippen LogP contribution is 2.25. The number of carbonyl (C=O) groups excluding carboxylic acids is 1. The molecule has 0 aromatic heterocycles. The van der Waals surface area contributed by atoms with E-state index in [2.05, 4.69) is 15.9 Å². The summed E-state index contributed by atoms with van der Waals surface area (Å²) in [6.07, 6.45) is 0.138. The molecule has 0 amide bonds. The van der Waals surface area contributed by atoms with Gasteiger partial charge in [-0.25, -0.2) is 4.39 Å². The number of Topliss-reactive ketones (excluding diaryl/α,β-unsaturated/α-hetero) is 1. The molecule has 2 aromatic rings. The predicted molar refractivity (Wildman–Crippen MR) is 78.6 cm³/mol. The topological polar surface area (TPSA) is 17.1 Å². The lowest BCUT2D eigenvalue weighted by atomic mass is 10.0. The van der Waals surface area contributed by atoms with Gasteiger partial charge in [0, 0.05) is 12.0 Å². The minimum atomic E-state index is -0.458. The molecule has 98 valence electrons. The minimum Gasteiger partial charge on any atom is -0.294 e. The van der Waals surface area contributed by atoms with Crippen molar-refractivity contribution in [3.63, 3.8) is 0 Å². The molecule has 0 bridgehead atoms. The van der Waals surface area contributed by atoms with Crippen LogP contribution in [0.1, 0.15) is 15.9 Å². The fraction of sp³-hybridized carbons (Fsp3) is 0.0714. The summed E-state index contributed by atoms with van der Waals surface area (Å²) in [5.74, 6) is -0.648. The lowest BCUT2D eigenvalue weighted by molar-refractivity contribution is 0.0991. The van der Waals surface area contributed by atoms with E-state index >= 15 is 0 Å². The van der Waals surface area contributed by atoms with E-state index in [1.807, 2.05) is 0 Å². The third kappa shape index (κ3) is 3.35. The third-order valence-electron chi connectivity index (χ3n) is 2.60. The number of carbonyl (C=O) groups is 1. The molecule has 0 radical (unpaired) electrons. The van der Waals surface area contributed by atoms with E-state index in [0.29, 0.717) is 15.6 Å². The molecule has 0 unspecified atom stereocenters. The average Bonchev–Trinajstić information content (AvgIpc) is 2.37. The van der Waals surface area contributed by atoms with Crippen LogP contribution < -0.4 is 0 Å². The van der Waals surface area contributed by atoms with Crippen molar-refractivity contribution in [1.29, 1.82) is 0 Å². The number of halogens is 4. The van der Waals surface area contributed by atoms with E-state index in [1.54, 1.807) is 24.3 Å². The van der Waals surface area contributed by atoms with Gasteiger partial charge in [-0.1, -0.05) is 41.4 Å². The molecule has 5 heteroatoms. The van der Waals surface area contributed by atoms with Crippen LogP contribution in [0.5, 0.6) is 0 Å². The Morgan fingerprint density at radius 2 is 1.89 bits per heavy atom. The Morgan fingerprint density at radius 1 is 1.16 bits per heavy atom. The second-order valence-electron chi connectivity index (χ2n) is 3.95. The van der Waals surface area contributed by atoms with Gasteiger partial charge in [-0.2, -0.15) is 0 Å². The summed E-state index contributed by atoms with van der Waals surface area (Å²) in [7, 11) is 0. The van der Waals surface area contributed by atoms with E-state index < -0.39 is 5.82 Å². The summed E-state index contributed by atoms with van der Waals surface area (Å²) in [6, 6.07) is 9.36. The zero-order valence-electron chi connectivity index (χ0n) is 9.59. The molecular weight excluding hydrogens is 354 g/mol. The maximum absolute atomic E-state index is 13.4. The van der Waals surface area contributed by atoms with Gasteiger partial charge in [0.15, 0.2) is 5.78 Å². The quantitative estimate of drug-likeness (QED) is 0.676. The molecule has 0 saturated carbocycles. The molecule has 0 aliphatic rings. The van der Waals surface area contributed by atoms with E-state index in [4.69, 9.17) is 23.2 Å². The number of hydrogen-bond donors (Lipinski definition) is 0. The fourth-order valence-electron chi connectivity index (χ4n) is 1.65. The first-order valence-corrected chi connectivity index (χ1v) is 6.95. The largest absolute Gasteiger partial charge is 0.294 e. The highest BCUT2D eigenvalue weighted by molar-refractivity contribution is 9.10. The standard InChI is InChI=1S/C14H8BrCl2FO/c15-14-9(2-1-3-12(14)18)13(19)7-8-4-5-10(16)11(17)6-8/h1-6H,7H2. The van der Waals surface area contributed by atoms with Crippen molar-refractivity contribution in [2.75, 3.05) is 0 Å². The van der Waals surface area contributed by atoms with E-state index in [0.717, 1.165) is 5.56 Å². The fourth-order valence-corrected chi connectivity index (χ4v) is 2.46. The molecule has 0 N–H and O–H groups in total. The van der Waals surface area contributed by atoms with Gasteiger partial charge < -0.3 is 0 Å². The summed E-state index contributed by atoms with van der Waals surface area (Å²) in [5, 5.41) is 0.829. The molecule has 0 spiro atoms. The lowest BCUT2D eigenvalue weighted by Crippen LogP contribution is -2.05. The maximum atomic E-state index is 13.4. The van der Waals surface area contributed by atoms with Gasteiger partial charge in [0.25, 0.3) is 0 Å². The summed E-state index contributed by atoms with van der Waals surface area (Å²) in [6.45, 7) is 0. The molecular formula is C14H8BrCl2FO. The number of rotatable bonds is 3. The van der Waals surface area contributed by atoms with Crippen LogP contribution in [0.15, 0.2) is 40.9 Å². The Balaban J connectivity index is 2.26. The molecule has 0 saturated heterocycles. The van der Waals surface area contributed by atoms with Crippen molar-refractivity contribution in [2.45, 2.75) is 6.42 Å². The van der Waals surface area contributed by atoms with E-state index in [1.165, 1.54) is 12.1 Å². The first-order chi connectivity index (χ1) is 8.99. The van der Waals surface area contributed by atoms with Crippen molar-refractivity contribution < 1.29 is 9.18 Å². The lowest BCUT2D eigenvalue weighted by Gasteiger charge is -2.05. The Hall–Kier alpha value is -0.900. The van der Waals surface area contributed by atoms with Crippen molar-refractivity contribution in [3.05, 3.63) is 67.9 Å². The summed E-state index contributed by atoms with van der Waals surface area (Å²) in [4.78, 5) is 12.1. The van der Waals surface area contributed by atoms with Gasteiger partial charge in [-0.05, 0) is 39.7 Å². The molecule has 2 aromatic carbocycles. The molecule has 0 atom stereocenters. The molecule has 19 heavy (non-hydrogen) atoms. The van der Waals surface area contributed by atoms with Crippen molar-refractivity contribution in [1.82, 2.24) is 0 Å². The Kier molecular flexibility index (Phi) is 4.61. The molecule has 1 nitrogen and oxygen atoms in total. The summed E-state index contributed by atoms with van der Waals surface area (Å²) >= 11 is 14.8. The van der Waals surface area contributed by atoms with Crippen molar-refractivity contribution in [2.24, 2.45) is 0 Å². The smallest absolute Gasteiger partial charge is 0.168 e. The highest BCUT2D eigenvalue weighted by atomic mass is 79.9. The maximum Gasteiger partial charge on any atom is 0.168 e. The van der Waals surface area contributed by atoms with Crippen molar-refractivity contribution >= 4 is 44.9 Å². The van der Waals surface area contributed by atoms with Gasteiger partial charge in [-0.15, -0.1) is 0 Å². The van der Waals surface area contributed by atoms with Crippen LogP contribution in [0.4, 0.5) is 4.39 Å². The number of hydrogen-bond acceptors (Lipinski definition) is 1. The van der Waals surface area contributed by atoms with Gasteiger partial charge in [0.2, 0.25) is 0 Å². The third-order valence-corrected chi connectivity index (χ3v) is 4.15. The molecule has 0 aliphatic heterocycles. The highest BCUT2D eigenvalue weighted by Gasteiger charge is 2.14. The second-order valence-corrected chi connectivity index (χ2v) is 5.56. The van der Waals surface area contributed by atoms with Crippen LogP contribution in [-0.2, 0) is 6.42 Å². The van der Waals surface area contributed by atoms with Crippen LogP contribution in [-0.4, -0.2) is 5.78 Å². The van der Waals surface area contributed by atoms with Crippen LogP contribution >= 0.6 is 39.1 Å². The Morgan fingerprint density at radius 3 is 2.58 bits per heavy atom. The van der Waals surface area contributed by atoms with Crippen LogP contribution in [0.25, 0.3) is 0 Å². The molecule has 0 aliphatic carbocycles.